The number of methoxy groups -OCH3 is 1. The second-order valence-electron chi connectivity index (χ2n) is 12.3. The number of nitrogens with one attached hydrogen (secondary N) is 3. The Balaban J connectivity index is 1.29. The number of hydrogen-bond donors (Lipinski definition) is 3. The molecule has 1 saturated carbocycles. The summed E-state index contributed by atoms with van der Waals surface area (Å²) >= 11 is 0. The lowest BCUT2D eigenvalue weighted by atomic mass is 9.86. The molecular formula is C36H41N3O8. The van der Waals surface area contributed by atoms with Crippen LogP contribution in [0.3, 0.4) is 0 Å². The first-order valence-electron chi connectivity index (χ1n) is 15.4. The Kier molecular flexibility index (Phi) is 11.7. The van der Waals surface area contributed by atoms with E-state index in [9.17, 15) is 19.2 Å². The van der Waals surface area contributed by atoms with Gasteiger partial charge >= 0.3 is 18.0 Å². The normalized spacial score (nSPS) is 15.9. The van der Waals surface area contributed by atoms with Crippen molar-refractivity contribution in [3.63, 3.8) is 0 Å². The van der Waals surface area contributed by atoms with Crippen molar-refractivity contribution in [1.82, 2.24) is 10.6 Å². The van der Waals surface area contributed by atoms with Gasteiger partial charge in [-0.3, -0.25) is 25.1 Å². The fraction of sp³-hybridized carbons (Fsp3) is 0.361. The number of amides is 2. The molecule has 248 valence electrons. The minimum atomic E-state index is -0.721. The molecule has 0 bridgehead atoms. The van der Waals surface area contributed by atoms with Crippen LogP contribution < -0.4 is 15.4 Å². The van der Waals surface area contributed by atoms with Gasteiger partial charge in [-0.1, -0.05) is 60.7 Å². The van der Waals surface area contributed by atoms with Gasteiger partial charge in [-0.2, -0.15) is 0 Å². The van der Waals surface area contributed by atoms with E-state index in [1.54, 1.807) is 57.2 Å². The molecule has 1 fully saturated rings. The van der Waals surface area contributed by atoms with E-state index >= 15 is 0 Å². The van der Waals surface area contributed by atoms with Crippen molar-refractivity contribution in [2.75, 3.05) is 13.9 Å². The number of carbonyl (C=O) groups excluding carboxylic acids is 4. The molecule has 1 aliphatic carbocycles. The van der Waals surface area contributed by atoms with Crippen molar-refractivity contribution >= 4 is 29.8 Å². The number of ether oxygens (including phenoxy) is 4. The molecule has 1 aliphatic rings. The van der Waals surface area contributed by atoms with Crippen molar-refractivity contribution in [1.29, 1.82) is 5.41 Å². The molecule has 3 aromatic rings. The van der Waals surface area contributed by atoms with Gasteiger partial charge in [0.25, 0.3) is 5.91 Å². The van der Waals surface area contributed by atoms with Gasteiger partial charge in [0, 0.05) is 11.6 Å². The SMILES string of the molecule is COc1ccc(-c2ccc(C(=N)NC(=O)OCc3ccccc3)cc2)cc1C(=O)N[C@H]1CC[C@H](C(=O)OCOC(=O)C(C)(C)C)CC1. The standard InChI is InChI=1S/C36H41N3O8/c1-36(2,3)34(42)47-22-46-33(41)26-14-17-28(18-15-26)38-32(40)29-20-27(16-19-30(29)44-4)24-10-12-25(13-11-24)31(37)39-35(43)45-21-23-8-6-5-7-9-23/h5-13,16,19-20,26,28H,14-15,17-18,21-22H2,1-4H3,(H,38,40)(H2,37,39,43)/t26-,28-. The zero-order valence-corrected chi connectivity index (χ0v) is 27.1. The number of carbonyl (C=O) groups is 4. The first-order valence-corrected chi connectivity index (χ1v) is 15.4. The minimum Gasteiger partial charge on any atom is -0.496 e. The van der Waals surface area contributed by atoms with Crippen LogP contribution in [-0.4, -0.2) is 49.7 Å². The molecule has 11 heteroatoms. The molecule has 3 N–H and O–H groups in total. The molecule has 2 amide bonds. The summed E-state index contributed by atoms with van der Waals surface area (Å²) in [6.07, 6.45) is 1.54. The van der Waals surface area contributed by atoms with Gasteiger partial charge in [-0.05, 0) is 75.3 Å². The predicted molar refractivity (Wildman–Crippen MR) is 175 cm³/mol. The van der Waals surface area contributed by atoms with Crippen LogP contribution in [0.4, 0.5) is 4.79 Å². The Bertz CT molecular complexity index is 1570. The smallest absolute Gasteiger partial charge is 0.413 e. The van der Waals surface area contributed by atoms with Crippen LogP contribution in [0.5, 0.6) is 5.75 Å². The van der Waals surface area contributed by atoms with Gasteiger partial charge in [0.1, 0.15) is 18.2 Å². The van der Waals surface area contributed by atoms with Crippen LogP contribution >= 0.6 is 0 Å². The zero-order chi connectivity index (χ0) is 34.0. The van der Waals surface area contributed by atoms with Crippen LogP contribution in [0.2, 0.25) is 0 Å². The third-order valence-electron chi connectivity index (χ3n) is 7.79. The summed E-state index contributed by atoms with van der Waals surface area (Å²) in [5, 5.41) is 13.8. The highest BCUT2D eigenvalue weighted by Crippen LogP contribution is 2.29. The number of amidine groups is 1. The van der Waals surface area contributed by atoms with E-state index in [0.29, 0.717) is 42.6 Å². The Labute approximate surface area is 274 Å². The van der Waals surface area contributed by atoms with Crippen LogP contribution in [0.15, 0.2) is 72.8 Å². The molecule has 4 rings (SSSR count). The van der Waals surface area contributed by atoms with Gasteiger partial charge in [0.15, 0.2) is 0 Å². The molecule has 0 aromatic heterocycles. The number of hydrogen-bond acceptors (Lipinski definition) is 9. The van der Waals surface area contributed by atoms with E-state index in [0.717, 1.165) is 16.7 Å². The molecule has 47 heavy (non-hydrogen) atoms. The zero-order valence-electron chi connectivity index (χ0n) is 27.1. The average Bonchev–Trinajstić information content (AvgIpc) is 3.07. The molecule has 0 spiro atoms. The first-order chi connectivity index (χ1) is 22.4. The monoisotopic (exact) mass is 643 g/mol. The minimum absolute atomic E-state index is 0.0973. The second-order valence-corrected chi connectivity index (χ2v) is 12.3. The van der Waals surface area contributed by atoms with E-state index in [1.807, 2.05) is 36.4 Å². The second kappa shape index (κ2) is 15.9. The first kappa shape index (κ1) is 34.7. The highest BCUT2D eigenvalue weighted by Gasteiger charge is 2.30. The van der Waals surface area contributed by atoms with Crippen LogP contribution in [-0.2, 0) is 30.4 Å². The predicted octanol–water partition coefficient (Wildman–Crippen LogP) is 5.99. The number of esters is 2. The van der Waals surface area contributed by atoms with Crippen LogP contribution in [0.25, 0.3) is 11.1 Å². The van der Waals surface area contributed by atoms with Crippen molar-refractivity contribution in [3.8, 4) is 16.9 Å². The third-order valence-corrected chi connectivity index (χ3v) is 7.79. The number of benzene rings is 3. The van der Waals surface area contributed by atoms with Crippen molar-refractivity contribution in [2.45, 2.75) is 59.1 Å². The van der Waals surface area contributed by atoms with Gasteiger partial charge in [0.05, 0.1) is 24.0 Å². The van der Waals surface area contributed by atoms with Crippen LogP contribution in [0.1, 0.15) is 67.9 Å². The van der Waals surface area contributed by atoms with Gasteiger partial charge in [0.2, 0.25) is 6.79 Å². The van der Waals surface area contributed by atoms with E-state index in [4.69, 9.17) is 24.4 Å². The quantitative estimate of drug-likeness (QED) is 0.105. The summed E-state index contributed by atoms with van der Waals surface area (Å²) in [4.78, 5) is 49.9. The molecule has 0 atom stereocenters. The molecule has 0 heterocycles. The van der Waals surface area contributed by atoms with E-state index in [1.165, 1.54) is 7.11 Å². The van der Waals surface area contributed by atoms with Crippen molar-refractivity contribution in [3.05, 3.63) is 89.5 Å². The molecule has 0 radical (unpaired) electrons. The maximum atomic E-state index is 13.4. The maximum Gasteiger partial charge on any atom is 0.413 e. The number of rotatable bonds is 10. The molecule has 3 aromatic carbocycles. The molecule has 0 aliphatic heterocycles. The van der Waals surface area contributed by atoms with Gasteiger partial charge in [-0.15, -0.1) is 0 Å². The molecular weight excluding hydrogens is 602 g/mol. The topological polar surface area (TPSA) is 153 Å². The molecule has 11 nitrogen and oxygen atoms in total. The maximum absolute atomic E-state index is 13.4. The van der Waals surface area contributed by atoms with Crippen LogP contribution in [0, 0.1) is 16.7 Å². The Morgan fingerprint density at radius 1 is 0.830 bits per heavy atom. The van der Waals surface area contributed by atoms with Crippen molar-refractivity contribution in [2.24, 2.45) is 11.3 Å². The summed E-state index contributed by atoms with van der Waals surface area (Å²) in [5.74, 6) is -1.15. The Morgan fingerprint density at radius 3 is 2.13 bits per heavy atom. The fourth-order valence-corrected chi connectivity index (χ4v) is 5.04. The Hall–Kier alpha value is -5.19. The largest absolute Gasteiger partial charge is 0.496 e. The highest BCUT2D eigenvalue weighted by molar-refractivity contribution is 6.04. The fourth-order valence-electron chi connectivity index (χ4n) is 5.04. The lowest BCUT2D eigenvalue weighted by molar-refractivity contribution is -0.176. The summed E-state index contributed by atoms with van der Waals surface area (Å²) in [7, 11) is 1.50. The molecule has 0 unspecified atom stereocenters. The van der Waals surface area contributed by atoms with Gasteiger partial charge < -0.3 is 24.3 Å². The van der Waals surface area contributed by atoms with E-state index < -0.39 is 30.2 Å². The van der Waals surface area contributed by atoms with Gasteiger partial charge in [-0.25, -0.2) is 4.79 Å². The lowest BCUT2D eigenvalue weighted by Crippen LogP contribution is -2.39. The lowest BCUT2D eigenvalue weighted by Gasteiger charge is -2.28. The third kappa shape index (κ3) is 9.90. The van der Waals surface area contributed by atoms with E-state index in [-0.39, 0.29) is 30.3 Å². The summed E-state index contributed by atoms with van der Waals surface area (Å²) in [6.45, 7) is 4.85. The Morgan fingerprint density at radius 2 is 1.49 bits per heavy atom. The summed E-state index contributed by atoms with van der Waals surface area (Å²) < 4.78 is 20.8. The average molecular weight is 644 g/mol. The molecule has 0 saturated heterocycles. The number of alkyl carbamates (subject to hydrolysis) is 1. The summed E-state index contributed by atoms with van der Waals surface area (Å²) in [6, 6.07) is 21.5. The van der Waals surface area contributed by atoms with E-state index in [2.05, 4.69) is 10.6 Å². The highest BCUT2D eigenvalue weighted by atomic mass is 16.7. The summed E-state index contributed by atoms with van der Waals surface area (Å²) in [5.41, 5.74) is 2.59. The van der Waals surface area contributed by atoms with Crippen molar-refractivity contribution < 1.29 is 38.1 Å².